The average Bonchev–Trinajstić information content (AvgIpc) is 3.32. The Labute approximate surface area is 194 Å². The molecular formula is C24H20N2O8. The highest BCUT2D eigenvalue weighted by molar-refractivity contribution is 6.19. The molecule has 2 aromatic rings. The summed E-state index contributed by atoms with van der Waals surface area (Å²) in [7, 11) is 2.42. The normalized spacial score (nSPS) is 14.9. The fourth-order valence-corrected chi connectivity index (χ4v) is 3.40. The largest absolute Gasteiger partial charge is 0.465 e. The van der Waals surface area contributed by atoms with E-state index in [1.807, 2.05) is 0 Å². The maximum Gasteiger partial charge on any atom is 0.337 e. The van der Waals surface area contributed by atoms with E-state index in [2.05, 4.69) is 0 Å². The molecule has 2 amide bonds. The number of carbonyl (C=O) groups is 4. The van der Waals surface area contributed by atoms with Gasteiger partial charge in [-0.15, -0.1) is 0 Å². The van der Waals surface area contributed by atoms with Crippen molar-refractivity contribution in [1.82, 2.24) is 4.90 Å². The smallest absolute Gasteiger partial charge is 0.337 e. The molecule has 0 bridgehead atoms. The van der Waals surface area contributed by atoms with Crippen LogP contribution < -0.4 is 0 Å². The number of esters is 2. The Morgan fingerprint density at radius 1 is 1.09 bits per heavy atom. The molecule has 174 valence electrons. The van der Waals surface area contributed by atoms with Gasteiger partial charge in [0.25, 0.3) is 11.8 Å². The standard InChI is InChI=1S/C24H20N2O8/c1-13-18(21(28)26(6-7-27)22(29)19(13)12-25)11-17-4-5-20(34-17)14-8-15(23(30)32-2)10-16(9-14)24(31)33-3/h4-5,8-11,27H,6-7H2,1-3H3/b18-11+. The summed E-state index contributed by atoms with van der Waals surface area (Å²) in [6.07, 6.45) is 1.38. The van der Waals surface area contributed by atoms with E-state index >= 15 is 0 Å². The number of rotatable bonds is 6. The molecule has 1 aromatic heterocycles. The molecule has 10 heteroatoms. The third-order valence-corrected chi connectivity index (χ3v) is 5.12. The van der Waals surface area contributed by atoms with Gasteiger partial charge in [-0.3, -0.25) is 14.5 Å². The molecule has 0 unspecified atom stereocenters. The number of hydrogen-bond donors (Lipinski definition) is 1. The van der Waals surface area contributed by atoms with Gasteiger partial charge >= 0.3 is 11.9 Å². The SMILES string of the molecule is COC(=O)c1cc(C(=O)OC)cc(-c2ccc(/C=C3/C(=O)N(CCO)C(=O)C(C#N)=C3C)o2)c1. The molecule has 0 spiro atoms. The monoisotopic (exact) mass is 464 g/mol. The number of furan rings is 1. The summed E-state index contributed by atoms with van der Waals surface area (Å²) < 4.78 is 15.3. The van der Waals surface area contributed by atoms with Gasteiger partial charge < -0.3 is 19.0 Å². The van der Waals surface area contributed by atoms with E-state index in [1.165, 1.54) is 45.4 Å². The molecule has 0 saturated carbocycles. The molecule has 0 aliphatic carbocycles. The van der Waals surface area contributed by atoms with E-state index in [9.17, 15) is 29.5 Å². The van der Waals surface area contributed by atoms with Crippen LogP contribution in [-0.2, 0) is 19.1 Å². The number of nitrogens with zero attached hydrogens (tertiary/aromatic N) is 2. The highest BCUT2D eigenvalue weighted by Crippen LogP contribution is 2.30. The Hall–Kier alpha value is -4.49. The Kier molecular flexibility index (Phi) is 7.09. The van der Waals surface area contributed by atoms with E-state index < -0.39 is 30.4 Å². The number of hydrogen-bond acceptors (Lipinski definition) is 9. The minimum absolute atomic E-state index is 0.0593. The van der Waals surface area contributed by atoms with Crippen molar-refractivity contribution < 1.29 is 38.2 Å². The van der Waals surface area contributed by atoms with Gasteiger partial charge in [0.05, 0.1) is 38.5 Å². The second-order valence-electron chi connectivity index (χ2n) is 7.14. The predicted octanol–water partition coefficient (Wildman–Crippen LogP) is 2.10. The highest BCUT2D eigenvalue weighted by Gasteiger charge is 2.35. The van der Waals surface area contributed by atoms with Crippen LogP contribution in [0.3, 0.4) is 0 Å². The first-order chi connectivity index (χ1) is 16.2. The van der Waals surface area contributed by atoms with Crippen LogP contribution in [-0.4, -0.2) is 61.1 Å². The number of β-amino-alcohol motifs (C(OH)–C–C–N with tert-alkyl or cyclic N) is 1. The predicted molar refractivity (Wildman–Crippen MR) is 117 cm³/mol. The van der Waals surface area contributed by atoms with Crippen LogP contribution in [0.25, 0.3) is 17.4 Å². The van der Waals surface area contributed by atoms with Crippen LogP contribution in [0, 0.1) is 11.3 Å². The van der Waals surface area contributed by atoms with E-state index in [0.717, 1.165) is 4.90 Å². The fourth-order valence-electron chi connectivity index (χ4n) is 3.40. The molecule has 0 saturated heterocycles. The van der Waals surface area contributed by atoms with Crippen molar-refractivity contribution in [3.05, 3.63) is 63.9 Å². The van der Waals surface area contributed by atoms with E-state index in [-0.39, 0.29) is 45.9 Å². The van der Waals surface area contributed by atoms with Gasteiger partial charge in [0, 0.05) is 11.1 Å². The van der Waals surface area contributed by atoms with Crippen LogP contribution >= 0.6 is 0 Å². The maximum atomic E-state index is 12.8. The number of carbonyl (C=O) groups excluding carboxylic acids is 4. The molecule has 34 heavy (non-hydrogen) atoms. The maximum absolute atomic E-state index is 12.8. The molecule has 1 aliphatic rings. The van der Waals surface area contributed by atoms with Gasteiger partial charge in [0.2, 0.25) is 0 Å². The first-order valence-corrected chi connectivity index (χ1v) is 9.97. The molecule has 0 radical (unpaired) electrons. The van der Waals surface area contributed by atoms with Crippen molar-refractivity contribution >= 4 is 29.8 Å². The summed E-state index contributed by atoms with van der Waals surface area (Å²) in [4.78, 5) is 50.1. The first kappa shape index (κ1) is 24.2. The second-order valence-corrected chi connectivity index (χ2v) is 7.14. The van der Waals surface area contributed by atoms with Gasteiger partial charge in [-0.1, -0.05) is 0 Å². The molecule has 3 rings (SSSR count). The lowest BCUT2D eigenvalue weighted by Crippen LogP contribution is -2.44. The van der Waals surface area contributed by atoms with Gasteiger partial charge in [0.15, 0.2) is 0 Å². The molecule has 0 fully saturated rings. The molecule has 2 heterocycles. The summed E-state index contributed by atoms with van der Waals surface area (Å²) >= 11 is 0. The van der Waals surface area contributed by atoms with Crippen molar-refractivity contribution in [3.63, 3.8) is 0 Å². The minimum Gasteiger partial charge on any atom is -0.465 e. The zero-order chi connectivity index (χ0) is 25.0. The molecule has 1 aromatic carbocycles. The summed E-state index contributed by atoms with van der Waals surface area (Å²) in [6.45, 7) is 0.767. The third-order valence-electron chi connectivity index (χ3n) is 5.12. The summed E-state index contributed by atoms with van der Waals surface area (Å²) in [5, 5.41) is 18.6. The molecule has 10 nitrogen and oxygen atoms in total. The highest BCUT2D eigenvalue weighted by atomic mass is 16.5. The van der Waals surface area contributed by atoms with E-state index in [0.29, 0.717) is 5.56 Å². The number of nitriles is 1. The Balaban J connectivity index is 2.07. The third kappa shape index (κ3) is 4.51. The van der Waals surface area contributed by atoms with Crippen molar-refractivity contribution in [2.75, 3.05) is 27.4 Å². The number of imide groups is 1. The number of amides is 2. The number of aliphatic hydroxyl groups is 1. The Morgan fingerprint density at radius 2 is 1.71 bits per heavy atom. The number of methoxy groups -OCH3 is 2. The zero-order valence-electron chi connectivity index (χ0n) is 18.6. The zero-order valence-corrected chi connectivity index (χ0v) is 18.6. The molecule has 1 aliphatic heterocycles. The van der Waals surface area contributed by atoms with E-state index in [4.69, 9.17) is 13.9 Å². The van der Waals surface area contributed by atoms with Gasteiger partial charge in [-0.05, 0) is 48.9 Å². The topological polar surface area (TPSA) is 147 Å². The van der Waals surface area contributed by atoms with Gasteiger partial charge in [-0.2, -0.15) is 5.26 Å². The Morgan fingerprint density at radius 3 is 2.24 bits per heavy atom. The molecule has 0 atom stereocenters. The number of ether oxygens (including phenoxy) is 2. The number of benzene rings is 1. The quantitative estimate of drug-likeness (QED) is 0.385. The van der Waals surface area contributed by atoms with E-state index in [1.54, 1.807) is 18.2 Å². The summed E-state index contributed by atoms with van der Waals surface area (Å²) in [5.74, 6) is -2.27. The molecular weight excluding hydrogens is 444 g/mol. The van der Waals surface area contributed by atoms with Gasteiger partial charge in [0.1, 0.15) is 23.2 Å². The fraction of sp³-hybridized carbons (Fsp3) is 0.208. The lowest BCUT2D eigenvalue weighted by atomic mass is 9.95. The summed E-state index contributed by atoms with van der Waals surface area (Å²) in [5.41, 5.74) is 0.628. The lowest BCUT2D eigenvalue weighted by molar-refractivity contribution is -0.141. The van der Waals surface area contributed by atoms with Crippen LogP contribution in [0.1, 0.15) is 33.4 Å². The minimum atomic E-state index is -0.772. The number of aliphatic hydroxyl groups excluding tert-OH is 1. The van der Waals surface area contributed by atoms with Crippen molar-refractivity contribution in [3.8, 4) is 17.4 Å². The average molecular weight is 464 g/mol. The van der Waals surface area contributed by atoms with Crippen molar-refractivity contribution in [2.24, 2.45) is 0 Å². The first-order valence-electron chi connectivity index (χ1n) is 9.97. The molecule has 1 N–H and O–H groups in total. The van der Waals surface area contributed by atoms with Crippen LogP contribution in [0.4, 0.5) is 0 Å². The summed E-state index contributed by atoms with van der Waals surface area (Å²) in [6, 6.07) is 9.19. The lowest BCUT2D eigenvalue weighted by Gasteiger charge is -2.26. The van der Waals surface area contributed by atoms with Crippen LogP contribution in [0.2, 0.25) is 0 Å². The van der Waals surface area contributed by atoms with Gasteiger partial charge in [-0.25, -0.2) is 9.59 Å². The van der Waals surface area contributed by atoms with Crippen molar-refractivity contribution in [2.45, 2.75) is 6.92 Å². The van der Waals surface area contributed by atoms with Crippen molar-refractivity contribution in [1.29, 1.82) is 5.26 Å². The Bertz CT molecular complexity index is 1260. The second kappa shape index (κ2) is 9.97. The van der Waals surface area contributed by atoms with Crippen LogP contribution in [0.5, 0.6) is 0 Å². The van der Waals surface area contributed by atoms with Crippen LogP contribution in [0.15, 0.2) is 51.5 Å².